The summed E-state index contributed by atoms with van der Waals surface area (Å²) in [5.74, 6) is -0.840. The number of hydrogen-bond acceptors (Lipinski definition) is 5. The number of carboxylic acid groups (broad SMARTS) is 1. The van der Waals surface area contributed by atoms with Crippen LogP contribution in [0.3, 0.4) is 0 Å². The molecule has 0 atom stereocenters. The molecule has 7 rings (SSSR count). The Kier molecular flexibility index (Phi) is 8.72. The fourth-order valence-corrected chi connectivity index (χ4v) is 6.35. The third kappa shape index (κ3) is 6.29. The van der Waals surface area contributed by atoms with Gasteiger partial charge in [-0.15, -0.1) is 0 Å². The van der Waals surface area contributed by atoms with Crippen LogP contribution in [0.1, 0.15) is 42.5 Å². The Balaban J connectivity index is 0.000000480. The summed E-state index contributed by atoms with van der Waals surface area (Å²) in [6, 6.07) is 25.1. The Bertz CT molecular complexity index is 2060. The van der Waals surface area contributed by atoms with Crippen molar-refractivity contribution in [3.63, 3.8) is 0 Å². The molecule has 1 aliphatic rings. The molecule has 4 aromatic carbocycles. The van der Waals surface area contributed by atoms with Crippen LogP contribution >= 0.6 is 0 Å². The van der Waals surface area contributed by atoms with E-state index >= 15 is 0 Å². The highest BCUT2D eigenvalue weighted by Crippen LogP contribution is 2.39. The van der Waals surface area contributed by atoms with Gasteiger partial charge in [-0.2, -0.15) is 0 Å². The number of nitrogens with one attached hydrogen (secondary N) is 2. The molecule has 5 N–H and O–H groups in total. The molecule has 0 aliphatic heterocycles. The number of para-hydroxylation sites is 1. The van der Waals surface area contributed by atoms with Gasteiger partial charge in [0.2, 0.25) is 0 Å². The van der Waals surface area contributed by atoms with Crippen LogP contribution in [0.15, 0.2) is 78.9 Å². The van der Waals surface area contributed by atoms with Crippen molar-refractivity contribution in [3.05, 3.63) is 90.2 Å². The minimum atomic E-state index is -0.787. The smallest absolute Gasteiger partial charge is 0.317 e. The molecule has 236 valence electrons. The number of rotatable bonds is 7. The van der Waals surface area contributed by atoms with Gasteiger partial charge in [0.1, 0.15) is 11.6 Å². The van der Waals surface area contributed by atoms with Crippen LogP contribution in [0.25, 0.3) is 49.9 Å². The Morgan fingerprint density at radius 1 is 1.00 bits per heavy atom. The second-order valence-corrected chi connectivity index (χ2v) is 12.0. The van der Waals surface area contributed by atoms with E-state index < -0.39 is 11.9 Å². The summed E-state index contributed by atoms with van der Waals surface area (Å²) in [6.45, 7) is 0.111. The predicted octanol–water partition coefficient (Wildman–Crippen LogP) is 6.94. The van der Waals surface area contributed by atoms with Crippen molar-refractivity contribution >= 4 is 50.4 Å². The lowest BCUT2D eigenvalue weighted by atomic mass is 9.95. The minimum absolute atomic E-state index is 0.111. The molecule has 10 heteroatoms. The molecule has 1 saturated carbocycles. The van der Waals surface area contributed by atoms with E-state index in [9.17, 15) is 14.0 Å². The Morgan fingerprint density at radius 2 is 1.76 bits per heavy atom. The van der Waals surface area contributed by atoms with Gasteiger partial charge in [-0.05, 0) is 75.5 Å². The zero-order valence-electron chi connectivity index (χ0n) is 25.9. The molecule has 1 aliphatic carbocycles. The Morgan fingerprint density at radius 3 is 2.48 bits per heavy atom. The standard InChI is InChI=1S/C32H28FN5O.C4H9NO2/c33-19-13-16-25-27(17-19)37-32(36-25)24-10-6-12-29-30(24)23-9-4-5-11-28(23)38(29)21-14-15-22(31(34)39)26(18-21)35-20-7-2-1-3-8-20;1-5(2)3-4(6)7/h4-6,9-18,20,35H,1-3,7-8H2,(H2,34,39)(H,36,37);3H2,1-2H3,(H,6,7). The molecular formula is C36H37FN6O3. The maximum Gasteiger partial charge on any atom is 0.317 e. The number of likely N-dealkylation sites (N-methyl/N-ethyl adjacent to an activating group) is 1. The van der Waals surface area contributed by atoms with Gasteiger partial charge in [0.15, 0.2) is 0 Å². The number of benzene rings is 4. The topological polar surface area (TPSA) is 129 Å². The number of amides is 1. The number of aliphatic carboxylic acids is 1. The predicted molar refractivity (Wildman–Crippen MR) is 181 cm³/mol. The highest BCUT2D eigenvalue weighted by molar-refractivity contribution is 6.15. The molecule has 1 fully saturated rings. The van der Waals surface area contributed by atoms with Gasteiger partial charge in [-0.1, -0.05) is 49.6 Å². The first kappa shape index (κ1) is 30.8. The van der Waals surface area contributed by atoms with Gasteiger partial charge >= 0.3 is 5.97 Å². The number of carbonyl (C=O) groups excluding carboxylic acids is 1. The third-order valence-corrected chi connectivity index (χ3v) is 8.34. The van der Waals surface area contributed by atoms with Crippen LogP contribution in [-0.2, 0) is 4.79 Å². The van der Waals surface area contributed by atoms with Crippen molar-refractivity contribution in [2.45, 2.75) is 38.1 Å². The number of H-pyrrole nitrogens is 1. The first-order valence-corrected chi connectivity index (χ1v) is 15.4. The Hall–Kier alpha value is -5.22. The van der Waals surface area contributed by atoms with Crippen molar-refractivity contribution in [1.29, 1.82) is 0 Å². The number of primary amides is 1. The van der Waals surface area contributed by atoms with Crippen LogP contribution in [0, 0.1) is 5.82 Å². The van der Waals surface area contributed by atoms with Gasteiger partial charge < -0.3 is 25.7 Å². The first-order chi connectivity index (χ1) is 22.2. The number of aromatic nitrogens is 3. The molecule has 1 amide bonds. The average Bonchev–Trinajstić information content (AvgIpc) is 3.60. The van der Waals surface area contributed by atoms with Crippen molar-refractivity contribution in [2.75, 3.05) is 26.0 Å². The molecule has 0 bridgehead atoms. The quantitative estimate of drug-likeness (QED) is 0.153. The fraction of sp³-hybridized carbons (Fsp3) is 0.250. The van der Waals surface area contributed by atoms with E-state index in [1.165, 1.54) is 31.4 Å². The van der Waals surface area contributed by atoms with Gasteiger partial charge in [0, 0.05) is 33.8 Å². The number of anilines is 1. The van der Waals surface area contributed by atoms with E-state index in [1.54, 1.807) is 25.1 Å². The highest BCUT2D eigenvalue weighted by atomic mass is 19.1. The molecule has 2 heterocycles. The minimum Gasteiger partial charge on any atom is -0.480 e. The monoisotopic (exact) mass is 620 g/mol. The SMILES string of the molecule is CN(C)CC(=O)O.NC(=O)c1ccc(-n2c3ccccc3c3c(-c4nc5ccc(F)cc5[nH]4)cccc32)cc1NC1CCCCC1. The number of nitrogens with two attached hydrogens (primary N) is 1. The van der Waals surface area contributed by atoms with E-state index in [1.807, 2.05) is 42.5 Å². The normalized spacial score (nSPS) is 13.7. The molecule has 0 spiro atoms. The second-order valence-electron chi connectivity index (χ2n) is 12.0. The number of carboxylic acids is 1. The van der Waals surface area contributed by atoms with Crippen LogP contribution in [-0.4, -0.2) is 63.1 Å². The van der Waals surface area contributed by atoms with Crippen molar-refractivity contribution in [3.8, 4) is 17.1 Å². The number of imidazole rings is 1. The van der Waals surface area contributed by atoms with Gasteiger partial charge in [-0.25, -0.2) is 9.37 Å². The summed E-state index contributed by atoms with van der Waals surface area (Å²) in [5, 5.41) is 13.8. The summed E-state index contributed by atoms with van der Waals surface area (Å²) in [6.07, 6.45) is 5.80. The van der Waals surface area contributed by atoms with E-state index in [2.05, 4.69) is 33.1 Å². The highest BCUT2D eigenvalue weighted by Gasteiger charge is 2.21. The number of hydrogen-bond donors (Lipinski definition) is 4. The van der Waals surface area contributed by atoms with E-state index in [0.29, 0.717) is 28.5 Å². The summed E-state index contributed by atoms with van der Waals surface area (Å²) in [4.78, 5) is 31.8. The summed E-state index contributed by atoms with van der Waals surface area (Å²) in [5.41, 5.74) is 12.3. The average molecular weight is 621 g/mol. The van der Waals surface area contributed by atoms with E-state index in [0.717, 1.165) is 51.6 Å². The summed E-state index contributed by atoms with van der Waals surface area (Å²) in [7, 11) is 3.43. The molecule has 0 radical (unpaired) electrons. The number of aromatic amines is 1. The van der Waals surface area contributed by atoms with Gasteiger partial charge in [0.05, 0.1) is 34.2 Å². The van der Waals surface area contributed by atoms with Crippen LogP contribution in [0.5, 0.6) is 0 Å². The summed E-state index contributed by atoms with van der Waals surface area (Å²) >= 11 is 0. The second kappa shape index (κ2) is 13.0. The lowest BCUT2D eigenvalue weighted by Crippen LogP contribution is -2.24. The maximum absolute atomic E-state index is 13.9. The van der Waals surface area contributed by atoms with Crippen molar-refractivity contribution < 1.29 is 19.1 Å². The molecule has 2 aromatic heterocycles. The molecule has 9 nitrogen and oxygen atoms in total. The maximum atomic E-state index is 13.9. The molecule has 6 aromatic rings. The largest absolute Gasteiger partial charge is 0.480 e. The number of fused-ring (bicyclic) bond motifs is 4. The molecular weight excluding hydrogens is 583 g/mol. The van der Waals surface area contributed by atoms with Crippen LogP contribution in [0.4, 0.5) is 10.1 Å². The zero-order chi connectivity index (χ0) is 32.4. The fourth-order valence-electron chi connectivity index (χ4n) is 6.35. The van der Waals surface area contributed by atoms with E-state index in [4.69, 9.17) is 15.8 Å². The zero-order valence-corrected chi connectivity index (χ0v) is 25.9. The molecule has 46 heavy (non-hydrogen) atoms. The van der Waals surface area contributed by atoms with Crippen molar-refractivity contribution in [2.24, 2.45) is 5.73 Å². The Labute approximate surface area is 265 Å². The first-order valence-electron chi connectivity index (χ1n) is 15.4. The molecule has 0 saturated heterocycles. The number of carbonyl (C=O) groups is 2. The van der Waals surface area contributed by atoms with Crippen LogP contribution < -0.4 is 11.1 Å². The lowest BCUT2D eigenvalue weighted by Gasteiger charge is -2.25. The van der Waals surface area contributed by atoms with Gasteiger partial charge in [0.25, 0.3) is 5.91 Å². The van der Waals surface area contributed by atoms with Gasteiger partial charge in [-0.3, -0.25) is 14.5 Å². The summed E-state index contributed by atoms with van der Waals surface area (Å²) < 4.78 is 16.1. The van der Waals surface area contributed by atoms with Crippen molar-refractivity contribution in [1.82, 2.24) is 19.4 Å². The number of nitrogens with zero attached hydrogens (tertiary/aromatic N) is 3. The third-order valence-electron chi connectivity index (χ3n) is 8.34. The lowest BCUT2D eigenvalue weighted by molar-refractivity contribution is -0.137. The van der Waals surface area contributed by atoms with E-state index in [-0.39, 0.29) is 12.4 Å². The molecule has 0 unspecified atom stereocenters. The van der Waals surface area contributed by atoms with Crippen LogP contribution in [0.2, 0.25) is 0 Å². The number of halogens is 1.